The fourth-order valence-corrected chi connectivity index (χ4v) is 4.45. The first kappa shape index (κ1) is 24.6. The van der Waals surface area contributed by atoms with Crippen LogP contribution in [0.5, 0.6) is 5.75 Å². The quantitative estimate of drug-likeness (QED) is 0.469. The van der Waals surface area contributed by atoms with Gasteiger partial charge in [-0.3, -0.25) is 9.52 Å². The van der Waals surface area contributed by atoms with Gasteiger partial charge in [-0.1, -0.05) is 50.2 Å². The average molecular weight is 464 g/mol. The summed E-state index contributed by atoms with van der Waals surface area (Å²) in [7, 11) is -2.45. The number of carbonyl (C=O) groups excluding carboxylic acids is 1. The summed E-state index contributed by atoms with van der Waals surface area (Å²) in [5.74, 6) is 0.0214. The third kappa shape index (κ3) is 7.22. The zero-order chi connectivity index (χ0) is 22.9. The number of amides is 1. The molecule has 0 aliphatic carbocycles. The number of carbonyl (C=O) groups is 1. The molecule has 2 rings (SSSR count). The Bertz CT molecular complexity index is 995. The fraction of sp³-hybridized carbons (Fsp3) is 0.364. The van der Waals surface area contributed by atoms with Crippen LogP contribution >= 0.6 is 12.2 Å². The molecular weight excluding hydrogens is 434 g/mol. The van der Waals surface area contributed by atoms with E-state index >= 15 is 0 Å². The Hall–Kier alpha value is -2.65. The van der Waals surface area contributed by atoms with E-state index in [0.717, 1.165) is 18.4 Å². The van der Waals surface area contributed by atoms with Gasteiger partial charge in [0.1, 0.15) is 10.6 Å². The molecule has 0 bridgehead atoms. The summed E-state index contributed by atoms with van der Waals surface area (Å²) < 4.78 is 33.5. The number of thiocarbonyl (C=S) groups is 1. The molecule has 7 nitrogen and oxygen atoms in total. The summed E-state index contributed by atoms with van der Waals surface area (Å²) >= 11 is 4.94. The standard InChI is InChI=1S/C22H29N3O4S2/c1-4-13-29-19-12-11-16(14-20(19)31(27,28)25-22(30)23-3)15-21(26)24-18(5-2)17-9-7-6-8-10-17/h6-12,14,18H,4-5,13,15H2,1-3H3,(H,24,26)(H2,23,25,30). The van der Waals surface area contributed by atoms with Crippen LogP contribution in [0.4, 0.5) is 0 Å². The molecule has 168 valence electrons. The molecular formula is C22H29N3O4S2. The van der Waals surface area contributed by atoms with Crippen molar-refractivity contribution in [1.82, 2.24) is 15.4 Å². The minimum Gasteiger partial charge on any atom is -0.492 e. The Balaban J connectivity index is 2.24. The van der Waals surface area contributed by atoms with Crippen LogP contribution in [0.15, 0.2) is 53.4 Å². The first-order valence-corrected chi connectivity index (χ1v) is 12.0. The van der Waals surface area contributed by atoms with Crippen molar-refractivity contribution in [2.45, 2.75) is 44.0 Å². The van der Waals surface area contributed by atoms with Gasteiger partial charge < -0.3 is 15.4 Å². The van der Waals surface area contributed by atoms with Crippen LogP contribution in [0.1, 0.15) is 43.9 Å². The molecule has 0 heterocycles. The van der Waals surface area contributed by atoms with Gasteiger partial charge in [-0.15, -0.1) is 0 Å². The van der Waals surface area contributed by atoms with Gasteiger partial charge in [0.15, 0.2) is 5.11 Å². The van der Waals surface area contributed by atoms with E-state index in [-0.39, 0.29) is 34.1 Å². The van der Waals surface area contributed by atoms with Crippen molar-refractivity contribution in [1.29, 1.82) is 0 Å². The average Bonchev–Trinajstić information content (AvgIpc) is 2.76. The Morgan fingerprint density at radius 3 is 2.45 bits per heavy atom. The normalized spacial score (nSPS) is 12.0. The molecule has 0 radical (unpaired) electrons. The number of benzene rings is 2. The largest absolute Gasteiger partial charge is 0.492 e. The van der Waals surface area contributed by atoms with Gasteiger partial charge >= 0.3 is 0 Å². The van der Waals surface area contributed by atoms with Crippen molar-refractivity contribution in [3.8, 4) is 5.75 Å². The Labute approximate surface area is 189 Å². The van der Waals surface area contributed by atoms with Crippen LogP contribution in [0, 0.1) is 0 Å². The highest BCUT2D eigenvalue weighted by atomic mass is 32.2. The molecule has 2 aromatic rings. The molecule has 0 saturated heterocycles. The van der Waals surface area contributed by atoms with Gasteiger partial charge in [-0.2, -0.15) is 0 Å². The van der Waals surface area contributed by atoms with Gasteiger partial charge in [0.05, 0.1) is 19.1 Å². The van der Waals surface area contributed by atoms with Crippen LogP contribution in [0.3, 0.4) is 0 Å². The van der Waals surface area contributed by atoms with Crippen LogP contribution in [0.2, 0.25) is 0 Å². The van der Waals surface area contributed by atoms with E-state index in [9.17, 15) is 13.2 Å². The molecule has 2 aromatic carbocycles. The molecule has 0 aliphatic heterocycles. The van der Waals surface area contributed by atoms with Gasteiger partial charge in [-0.25, -0.2) is 8.42 Å². The van der Waals surface area contributed by atoms with E-state index in [1.54, 1.807) is 12.1 Å². The first-order chi connectivity index (χ1) is 14.8. The smallest absolute Gasteiger partial charge is 0.267 e. The maximum absolute atomic E-state index is 12.8. The highest BCUT2D eigenvalue weighted by Crippen LogP contribution is 2.26. The minimum absolute atomic E-state index is 0.0294. The van der Waals surface area contributed by atoms with E-state index in [1.807, 2.05) is 44.2 Å². The summed E-state index contributed by atoms with van der Waals surface area (Å²) in [4.78, 5) is 12.6. The summed E-state index contributed by atoms with van der Waals surface area (Å²) in [5, 5.41) is 5.56. The maximum atomic E-state index is 12.8. The van der Waals surface area contributed by atoms with Crippen molar-refractivity contribution in [3.63, 3.8) is 0 Å². The molecule has 0 aliphatic rings. The predicted molar refractivity (Wildman–Crippen MR) is 126 cm³/mol. The highest BCUT2D eigenvalue weighted by molar-refractivity contribution is 7.92. The molecule has 0 spiro atoms. The third-order valence-corrected chi connectivity index (χ3v) is 6.33. The van der Waals surface area contributed by atoms with E-state index in [1.165, 1.54) is 13.1 Å². The van der Waals surface area contributed by atoms with Gasteiger partial charge in [0.25, 0.3) is 10.0 Å². The number of sulfonamides is 1. The zero-order valence-corrected chi connectivity index (χ0v) is 19.6. The predicted octanol–water partition coefficient (Wildman–Crippen LogP) is 3.07. The van der Waals surface area contributed by atoms with Crippen molar-refractivity contribution in [2.75, 3.05) is 13.7 Å². The topological polar surface area (TPSA) is 96.5 Å². The second kappa shape index (κ2) is 11.7. The molecule has 3 N–H and O–H groups in total. The van der Waals surface area contributed by atoms with Crippen LogP contribution in [-0.2, 0) is 21.2 Å². The summed E-state index contributed by atoms with van der Waals surface area (Å²) in [6, 6.07) is 14.3. The number of nitrogens with one attached hydrogen (secondary N) is 3. The van der Waals surface area contributed by atoms with Crippen molar-refractivity contribution in [2.24, 2.45) is 0 Å². The lowest BCUT2D eigenvalue weighted by molar-refractivity contribution is -0.121. The van der Waals surface area contributed by atoms with Gasteiger partial charge in [0, 0.05) is 7.05 Å². The third-order valence-electron chi connectivity index (χ3n) is 4.52. The van der Waals surface area contributed by atoms with E-state index in [4.69, 9.17) is 17.0 Å². The molecule has 9 heteroatoms. The van der Waals surface area contributed by atoms with E-state index in [2.05, 4.69) is 15.4 Å². The molecule has 0 fully saturated rings. The fourth-order valence-electron chi connectivity index (χ4n) is 2.97. The lowest BCUT2D eigenvalue weighted by Crippen LogP contribution is -2.37. The summed E-state index contributed by atoms with van der Waals surface area (Å²) in [6.07, 6.45) is 1.50. The van der Waals surface area contributed by atoms with Crippen molar-refractivity contribution < 1.29 is 17.9 Å². The van der Waals surface area contributed by atoms with Gasteiger partial charge in [-0.05, 0) is 48.3 Å². The first-order valence-electron chi connectivity index (χ1n) is 10.1. The van der Waals surface area contributed by atoms with Crippen LogP contribution in [-0.4, -0.2) is 33.1 Å². The van der Waals surface area contributed by atoms with E-state index in [0.29, 0.717) is 12.2 Å². The number of ether oxygens (including phenoxy) is 1. The second-order valence-electron chi connectivity index (χ2n) is 6.93. The Morgan fingerprint density at radius 1 is 1.13 bits per heavy atom. The Kier molecular flexibility index (Phi) is 9.26. The number of hydrogen-bond acceptors (Lipinski definition) is 5. The van der Waals surface area contributed by atoms with Crippen molar-refractivity contribution >= 4 is 33.3 Å². The zero-order valence-electron chi connectivity index (χ0n) is 18.0. The van der Waals surface area contributed by atoms with Crippen molar-refractivity contribution in [3.05, 3.63) is 59.7 Å². The Morgan fingerprint density at radius 2 is 1.84 bits per heavy atom. The van der Waals surface area contributed by atoms with Crippen LogP contribution in [0.25, 0.3) is 0 Å². The summed E-state index contributed by atoms with van der Waals surface area (Å²) in [5.41, 5.74) is 1.58. The highest BCUT2D eigenvalue weighted by Gasteiger charge is 2.22. The lowest BCUT2D eigenvalue weighted by Gasteiger charge is -2.18. The molecule has 1 atom stereocenters. The van der Waals surface area contributed by atoms with Crippen LogP contribution < -0.4 is 20.1 Å². The summed E-state index contributed by atoms with van der Waals surface area (Å²) in [6.45, 7) is 4.30. The second-order valence-corrected chi connectivity index (χ2v) is 8.99. The molecule has 31 heavy (non-hydrogen) atoms. The SMILES string of the molecule is CCCOc1ccc(CC(=O)NC(CC)c2ccccc2)cc1S(=O)(=O)NC(=S)NC. The molecule has 0 saturated carbocycles. The number of hydrogen-bond donors (Lipinski definition) is 3. The number of rotatable bonds is 10. The molecule has 1 unspecified atom stereocenters. The van der Waals surface area contributed by atoms with Gasteiger partial charge in [0.2, 0.25) is 5.91 Å². The molecule has 0 aromatic heterocycles. The lowest BCUT2D eigenvalue weighted by atomic mass is 10.0. The monoisotopic (exact) mass is 463 g/mol. The minimum atomic E-state index is -3.97. The maximum Gasteiger partial charge on any atom is 0.267 e. The van der Waals surface area contributed by atoms with E-state index < -0.39 is 10.0 Å². The molecule has 1 amide bonds.